The Kier molecular flexibility index (Phi) is 7.43. The van der Waals surface area contributed by atoms with Gasteiger partial charge in [-0.25, -0.2) is 4.79 Å². The van der Waals surface area contributed by atoms with Crippen molar-refractivity contribution in [1.29, 1.82) is 0 Å². The predicted molar refractivity (Wildman–Crippen MR) is 141 cm³/mol. The lowest BCUT2D eigenvalue weighted by Gasteiger charge is -2.37. The van der Waals surface area contributed by atoms with Gasteiger partial charge in [-0.3, -0.25) is 4.79 Å². The molecule has 0 bridgehead atoms. The number of hydrogen-bond acceptors (Lipinski definition) is 6. The number of rotatable bonds is 8. The molecule has 1 heterocycles. The van der Waals surface area contributed by atoms with Crippen molar-refractivity contribution in [2.75, 3.05) is 12.4 Å². The molecule has 0 saturated heterocycles. The molecule has 192 valence electrons. The average molecular weight is 513 g/mol. The van der Waals surface area contributed by atoms with Gasteiger partial charge in [-0.15, -0.1) is 0 Å². The molecule has 1 amide bonds. The van der Waals surface area contributed by atoms with E-state index in [9.17, 15) is 14.7 Å². The van der Waals surface area contributed by atoms with Gasteiger partial charge in [0.1, 0.15) is 11.4 Å². The van der Waals surface area contributed by atoms with E-state index in [1.54, 1.807) is 44.4 Å². The van der Waals surface area contributed by atoms with Crippen LogP contribution < -0.4 is 15.7 Å². The van der Waals surface area contributed by atoms with Crippen LogP contribution in [-0.2, 0) is 10.2 Å². The van der Waals surface area contributed by atoms with Crippen LogP contribution >= 0.6 is 11.6 Å². The Bertz CT molecular complexity index is 1330. The highest BCUT2D eigenvalue weighted by Gasteiger charge is 2.44. The van der Waals surface area contributed by atoms with Crippen molar-refractivity contribution in [2.45, 2.75) is 70.3 Å². The lowest BCUT2D eigenvalue weighted by Crippen LogP contribution is -2.48. The Morgan fingerprint density at radius 1 is 1.19 bits per heavy atom. The highest BCUT2D eigenvalue weighted by atomic mass is 35.5. The van der Waals surface area contributed by atoms with Crippen molar-refractivity contribution < 1.29 is 19.2 Å². The number of amides is 1. The number of hydrogen-bond donors (Lipinski definition) is 2. The van der Waals surface area contributed by atoms with E-state index in [2.05, 4.69) is 10.5 Å². The third-order valence-corrected chi connectivity index (χ3v) is 7.54. The number of carbonyl (C=O) groups is 1. The molecule has 2 aromatic carbocycles. The van der Waals surface area contributed by atoms with Crippen molar-refractivity contribution in [1.82, 2.24) is 5.16 Å². The second-order valence-corrected chi connectivity index (χ2v) is 11.0. The van der Waals surface area contributed by atoms with Crippen LogP contribution in [-0.4, -0.2) is 28.9 Å². The minimum absolute atomic E-state index is 0.177. The Labute approximate surface area is 215 Å². The minimum atomic E-state index is -1.64. The number of aryl methyl sites for hydroxylation is 1. The lowest BCUT2D eigenvalue weighted by molar-refractivity contribution is -0.138. The van der Waals surface area contributed by atoms with Gasteiger partial charge in [-0.05, 0) is 67.5 Å². The van der Waals surface area contributed by atoms with Crippen molar-refractivity contribution in [3.63, 3.8) is 0 Å². The molecule has 1 saturated carbocycles. The normalized spacial score (nSPS) is 16.2. The standard InChI is InChI=1S/C28H33ClN2O5/c1-17-22-14-20(10-11-21(22)25(32)36-31-17)30-26(33)28(34,15-18-7-5-6-8-18)16-27(2,3)23-13-19(29)9-12-24(23)35-4/h9-14,18,34H,5-8,15-16H2,1-4H3,(H,30,33). The molecule has 1 aliphatic carbocycles. The number of aliphatic hydroxyl groups is 1. The minimum Gasteiger partial charge on any atom is -0.496 e. The average Bonchev–Trinajstić information content (AvgIpc) is 3.34. The molecule has 36 heavy (non-hydrogen) atoms. The molecule has 3 aromatic rings. The van der Waals surface area contributed by atoms with E-state index in [0.29, 0.717) is 39.3 Å². The third-order valence-electron chi connectivity index (χ3n) is 7.30. The van der Waals surface area contributed by atoms with Gasteiger partial charge in [-0.1, -0.05) is 56.3 Å². The Morgan fingerprint density at radius 3 is 2.61 bits per heavy atom. The Morgan fingerprint density at radius 2 is 1.92 bits per heavy atom. The Hall–Kier alpha value is -2.90. The number of anilines is 1. The van der Waals surface area contributed by atoms with Gasteiger partial charge in [0.05, 0.1) is 18.2 Å². The first-order chi connectivity index (χ1) is 17.0. The van der Waals surface area contributed by atoms with Crippen LogP contribution in [0.2, 0.25) is 5.02 Å². The first kappa shape index (κ1) is 26.2. The number of benzene rings is 2. The second-order valence-electron chi connectivity index (χ2n) is 10.6. The van der Waals surface area contributed by atoms with E-state index < -0.39 is 22.5 Å². The number of nitrogens with zero attached hydrogens (tertiary/aromatic N) is 1. The summed E-state index contributed by atoms with van der Waals surface area (Å²) in [6.45, 7) is 5.70. The molecule has 8 heteroatoms. The molecule has 1 unspecified atom stereocenters. The van der Waals surface area contributed by atoms with Crippen LogP contribution in [0.5, 0.6) is 5.75 Å². The molecule has 2 N–H and O–H groups in total. The van der Waals surface area contributed by atoms with Gasteiger partial charge >= 0.3 is 5.63 Å². The monoisotopic (exact) mass is 512 g/mol. The number of aromatic nitrogens is 1. The molecule has 1 atom stereocenters. The van der Waals surface area contributed by atoms with Gasteiger partial charge in [-0.2, -0.15) is 0 Å². The number of ether oxygens (including phenoxy) is 1. The fourth-order valence-electron chi connectivity index (χ4n) is 5.53. The van der Waals surface area contributed by atoms with Crippen LogP contribution in [0.4, 0.5) is 5.69 Å². The fraction of sp³-hybridized carbons (Fsp3) is 0.464. The van der Waals surface area contributed by atoms with Gasteiger partial charge in [0.15, 0.2) is 0 Å². The van der Waals surface area contributed by atoms with Crippen molar-refractivity contribution >= 4 is 34.0 Å². The summed E-state index contributed by atoms with van der Waals surface area (Å²) in [4.78, 5) is 25.7. The predicted octanol–water partition coefficient (Wildman–Crippen LogP) is 5.78. The van der Waals surface area contributed by atoms with Crippen molar-refractivity contribution in [3.05, 3.63) is 63.1 Å². The van der Waals surface area contributed by atoms with Gasteiger partial charge in [0, 0.05) is 21.7 Å². The fourth-order valence-corrected chi connectivity index (χ4v) is 5.70. The summed E-state index contributed by atoms with van der Waals surface area (Å²) < 4.78 is 10.4. The zero-order valence-corrected chi connectivity index (χ0v) is 21.9. The molecule has 0 spiro atoms. The Balaban J connectivity index is 1.67. The summed E-state index contributed by atoms with van der Waals surface area (Å²) >= 11 is 6.30. The van der Waals surface area contributed by atoms with E-state index in [4.69, 9.17) is 20.9 Å². The zero-order valence-electron chi connectivity index (χ0n) is 21.2. The molecular weight excluding hydrogens is 480 g/mol. The van der Waals surface area contributed by atoms with Gasteiger partial charge < -0.3 is 19.7 Å². The van der Waals surface area contributed by atoms with E-state index in [-0.39, 0.29) is 12.3 Å². The van der Waals surface area contributed by atoms with E-state index in [1.165, 1.54) is 0 Å². The van der Waals surface area contributed by atoms with Crippen LogP contribution in [0.15, 0.2) is 45.7 Å². The largest absolute Gasteiger partial charge is 0.496 e. The molecule has 1 aliphatic rings. The topological polar surface area (TPSA) is 102 Å². The van der Waals surface area contributed by atoms with E-state index in [0.717, 1.165) is 31.2 Å². The molecule has 1 fully saturated rings. The highest BCUT2D eigenvalue weighted by Crippen LogP contribution is 2.43. The van der Waals surface area contributed by atoms with Crippen LogP contribution in [0, 0.1) is 12.8 Å². The molecular formula is C28H33ClN2O5. The summed E-state index contributed by atoms with van der Waals surface area (Å²) in [5, 5.41) is 20.2. The number of fused-ring (bicyclic) bond motifs is 1. The second kappa shape index (κ2) is 10.2. The SMILES string of the molecule is COc1ccc(Cl)cc1C(C)(C)CC(O)(CC1CCCC1)C(=O)Nc1ccc2c(=O)onc(C)c2c1. The maximum atomic E-state index is 13.7. The molecule has 0 aliphatic heterocycles. The van der Waals surface area contributed by atoms with Crippen molar-refractivity contribution in [3.8, 4) is 5.75 Å². The molecule has 0 radical (unpaired) electrons. The zero-order chi connectivity index (χ0) is 26.1. The third kappa shape index (κ3) is 5.42. The maximum absolute atomic E-state index is 13.7. The summed E-state index contributed by atoms with van der Waals surface area (Å²) in [6, 6.07) is 10.3. The summed E-state index contributed by atoms with van der Waals surface area (Å²) in [6.07, 6.45) is 4.74. The highest BCUT2D eigenvalue weighted by molar-refractivity contribution is 6.30. The van der Waals surface area contributed by atoms with E-state index in [1.807, 2.05) is 19.9 Å². The quantitative estimate of drug-likeness (QED) is 0.397. The molecule has 7 nitrogen and oxygen atoms in total. The van der Waals surface area contributed by atoms with Crippen LogP contribution in [0.3, 0.4) is 0 Å². The number of carbonyl (C=O) groups excluding carboxylic acids is 1. The summed E-state index contributed by atoms with van der Waals surface area (Å²) in [7, 11) is 1.59. The van der Waals surface area contributed by atoms with Crippen LogP contribution in [0.25, 0.3) is 10.8 Å². The first-order valence-electron chi connectivity index (χ1n) is 12.3. The summed E-state index contributed by atoms with van der Waals surface area (Å²) in [5.41, 5.74) is -0.951. The molecule has 1 aromatic heterocycles. The smallest absolute Gasteiger partial charge is 0.366 e. The van der Waals surface area contributed by atoms with Crippen molar-refractivity contribution in [2.24, 2.45) is 5.92 Å². The number of nitrogens with one attached hydrogen (secondary N) is 1. The van der Waals surface area contributed by atoms with Crippen LogP contribution in [0.1, 0.15) is 63.6 Å². The first-order valence-corrected chi connectivity index (χ1v) is 12.7. The molecule has 4 rings (SSSR count). The summed E-state index contributed by atoms with van der Waals surface area (Å²) in [5.74, 6) is 0.450. The van der Waals surface area contributed by atoms with Gasteiger partial charge in [0.2, 0.25) is 0 Å². The van der Waals surface area contributed by atoms with Gasteiger partial charge in [0.25, 0.3) is 5.91 Å². The number of halogens is 1. The van der Waals surface area contributed by atoms with E-state index >= 15 is 0 Å². The number of methoxy groups -OCH3 is 1. The maximum Gasteiger partial charge on any atom is 0.366 e. The lowest BCUT2D eigenvalue weighted by atomic mass is 9.71.